The van der Waals surface area contributed by atoms with E-state index in [0.717, 1.165) is 44.9 Å². The molecule has 83 heavy (non-hydrogen) atoms. The lowest BCUT2D eigenvalue weighted by Gasteiger charge is -2.34. The lowest BCUT2D eigenvalue weighted by molar-refractivity contribution is -0.139. The molecule has 1 aliphatic carbocycles. The smallest absolute Gasteiger partial charge is 0.251 e. The lowest BCUT2D eigenvalue weighted by atomic mass is 9.83. The van der Waals surface area contributed by atoms with Gasteiger partial charge in [-0.3, -0.25) is 47.9 Å². The zero-order valence-corrected chi connectivity index (χ0v) is 53.2. The second kappa shape index (κ2) is 35.2. The number of rotatable bonds is 36. The predicted molar refractivity (Wildman–Crippen MR) is 324 cm³/mol. The highest BCUT2D eigenvalue weighted by Gasteiger charge is 2.41. The Morgan fingerprint density at radius 3 is 1.55 bits per heavy atom. The second-order valence-electron chi connectivity index (χ2n) is 26.0. The molecule has 0 heterocycles. The fourth-order valence-corrected chi connectivity index (χ4v) is 9.98. The maximum atomic E-state index is 14.4. The van der Waals surface area contributed by atoms with Crippen LogP contribution in [0, 0.1) is 23.7 Å². The molecule has 2 rings (SSSR count). The van der Waals surface area contributed by atoms with Gasteiger partial charge in [-0.15, -0.1) is 0 Å². The van der Waals surface area contributed by atoms with Crippen molar-refractivity contribution in [1.82, 2.24) is 58.1 Å². The zero-order valence-electron chi connectivity index (χ0n) is 53.2. The monoisotopic (exact) mass is 1170 g/mol. The van der Waals surface area contributed by atoms with E-state index in [2.05, 4.69) is 60.1 Å². The number of carbonyl (C=O) groups is 10. The Bertz CT molecular complexity index is 2290. The van der Waals surface area contributed by atoms with Gasteiger partial charge in [0.2, 0.25) is 53.2 Å². The van der Waals surface area contributed by atoms with Gasteiger partial charge in [0.15, 0.2) is 0 Å². The van der Waals surface area contributed by atoms with Crippen LogP contribution in [0.2, 0.25) is 0 Å². The SMILES string of the molecule is CCCCCCCC[C@H](NC(=O)[C@H]1CCCC[C@H]1NC(=O)c1ccccc1)C(=O)N[C@@H](CC(C)C)C(=O)NC(C)(C)C(=O)N[C@@H](CC(C)C)C(=O)N[C@@H](CC(C)C)C(=O)NC(C)(C)C(=O)NC(C)(C)C(=O)NCCC(=O)N[C@@H](C)CN(C)C. The number of nitrogens with one attached hydrogen (secondary N) is 10. The molecule has 10 N–H and O–H groups in total. The van der Waals surface area contributed by atoms with Crippen molar-refractivity contribution in [2.24, 2.45) is 23.7 Å². The quantitative estimate of drug-likeness (QED) is 0.0396. The standard InChI is InChI=1S/C62H107N11O10/c1-17-18-19-20-21-25-32-46(66-52(76)44-30-26-27-31-45(44)65-51(75)43-28-23-22-24-29-43)53(77)67-48(36-40(4)5)55(79)70-61(11,12)58(82)69-47(35-39(2)3)54(78)68-49(37-41(6)7)56(80)71-62(13,14)59(83)72-60(9,10)57(81)63-34-33-50(74)64-42(8)38-73(15)16/h22-24,28-29,39-42,44-49H,17-21,25-27,30-38H2,1-16H3,(H,63,81)(H,64,74)(H,65,75)(H,66,76)(H,67,77)(H,68,78)(H,69,82)(H,70,79)(H,71,80)(H,72,83)/t42-,44-,45+,46-,47-,48-,49-/m0/s1. The highest BCUT2D eigenvalue weighted by atomic mass is 16.2. The average Bonchev–Trinajstić information content (AvgIpc) is 3.51. The third-order valence-electron chi connectivity index (χ3n) is 14.6. The summed E-state index contributed by atoms with van der Waals surface area (Å²) in [6, 6.07) is 3.87. The highest BCUT2D eigenvalue weighted by Crippen LogP contribution is 2.26. The predicted octanol–water partition coefficient (Wildman–Crippen LogP) is 5.06. The van der Waals surface area contributed by atoms with Crippen molar-refractivity contribution in [3.63, 3.8) is 0 Å². The molecule has 7 atom stereocenters. The van der Waals surface area contributed by atoms with Crippen LogP contribution in [0.1, 0.15) is 204 Å². The number of amides is 10. The summed E-state index contributed by atoms with van der Waals surface area (Å²) in [4.78, 5) is 140. The van der Waals surface area contributed by atoms with Gasteiger partial charge in [-0.1, -0.05) is 118 Å². The summed E-state index contributed by atoms with van der Waals surface area (Å²) in [6.45, 7) is 24.8. The van der Waals surface area contributed by atoms with Crippen molar-refractivity contribution in [2.75, 3.05) is 27.2 Å². The van der Waals surface area contributed by atoms with E-state index in [0.29, 0.717) is 37.8 Å². The summed E-state index contributed by atoms with van der Waals surface area (Å²) < 4.78 is 0. The van der Waals surface area contributed by atoms with E-state index < -0.39 is 94.1 Å². The fourth-order valence-electron chi connectivity index (χ4n) is 9.98. The number of unbranched alkanes of at least 4 members (excludes halogenated alkanes) is 5. The molecule has 1 aromatic carbocycles. The largest absolute Gasteiger partial charge is 0.354 e. The van der Waals surface area contributed by atoms with Crippen molar-refractivity contribution in [3.05, 3.63) is 35.9 Å². The van der Waals surface area contributed by atoms with Crippen molar-refractivity contribution in [1.29, 1.82) is 0 Å². The summed E-state index contributed by atoms with van der Waals surface area (Å²) >= 11 is 0. The minimum absolute atomic E-state index is 0.0293. The Hall–Kier alpha value is -6.12. The third-order valence-corrected chi connectivity index (χ3v) is 14.6. The molecule has 0 bridgehead atoms. The first-order valence-electron chi connectivity index (χ1n) is 30.5. The molecule has 1 aromatic rings. The van der Waals surface area contributed by atoms with Gasteiger partial charge in [-0.25, -0.2) is 0 Å². The summed E-state index contributed by atoms with van der Waals surface area (Å²) in [5, 5.41) is 28.4. The molecule has 0 saturated heterocycles. The molecule has 10 amide bonds. The van der Waals surface area contributed by atoms with E-state index in [1.807, 2.05) is 73.5 Å². The van der Waals surface area contributed by atoms with Crippen LogP contribution < -0.4 is 53.2 Å². The normalized spacial score (nSPS) is 16.6. The molecule has 1 saturated carbocycles. The fraction of sp³-hybridized carbons (Fsp3) is 0.742. The van der Waals surface area contributed by atoms with Crippen LogP contribution in [-0.2, 0) is 43.2 Å². The van der Waals surface area contributed by atoms with Crippen LogP contribution in [0.5, 0.6) is 0 Å². The van der Waals surface area contributed by atoms with Gasteiger partial charge in [-0.2, -0.15) is 0 Å². The average molecular weight is 1170 g/mol. The second-order valence-corrected chi connectivity index (χ2v) is 26.0. The molecule has 0 radical (unpaired) electrons. The highest BCUT2D eigenvalue weighted by molar-refractivity contribution is 6.00. The maximum absolute atomic E-state index is 14.4. The molecule has 0 aliphatic heterocycles. The molecule has 1 fully saturated rings. The van der Waals surface area contributed by atoms with Crippen LogP contribution in [0.3, 0.4) is 0 Å². The van der Waals surface area contributed by atoms with Crippen LogP contribution in [-0.4, -0.2) is 144 Å². The van der Waals surface area contributed by atoms with Gasteiger partial charge in [0, 0.05) is 37.2 Å². The third kappa shape index (κ3) is 27.0. The summed E-state index contributed by atoms with van der Waals surface area (Å²) in [5.74, 6) is -6.21. The first kappa shape index (κ1) is 73.0. The van der Waals surface area contributed by atoms with Crippen LogP contribution in [0.4, 0.5) is 0 Å². The molecule has 0 aromatic heterocycles. The molecule has 21 heteroatoms. The summed E-state index contributed by atoms with van der Waals surface area (Å²) in [7, 11) is 3.80. The van der Waals surface area contributed by atoms with Crippen molar-refractivity contribution >= 4 is 59.1 Å². The lowest BCUT2D eigenvalue weighted by Crippen LogP contribution is -2.65. The van der Waals surface area contributed by atoms with Gasteiger partial charge >= 0.3 is 0 Å². The van der Waals surface area contributed by atoms with Crippen molar-refractivity contribution in [2.45, 2.75) is 246 Å². The van der Waals surface area contributed by atoms with Gasteiger partial charge in [0.1, 0.15) is 40.8 Å². The number of carbonyl (C=O) groups excluding carboxylic acids is 10. The Morgan fingerprint density at radius 1 is 0.542 bits per heavy atom. The minimum atomic E-state index is -1.63. The van der Waals surface area contributed by atoms with E-state index in [-0.39, 0.29) is 73.7 Å². The topological polar surface area (TPSA) is 294 Å². The van der Waals surface area contributed by atoms with Crippen LogP contribution in [0.25, 0.3) is 0 Å². The van der Waals surface area contributed by atoms with Crippen LogP contribution in [0.15, 0.2) is 30.3 Å². The maximum Gasteiger partial charge on any atom is 0.251 e. The molecule has 0 unspecified atom stereocenters. The first-order valence-corrected chi connectivity index (χ1v) is 30.5. The van der Waals surface area contributed by atoms with E-state index in [4.69, 9.17) is 0 Å². The number of hydrogen-bond donors (Lipinski definition) is 10. The van der Waals surface area contributed by atoms with Gasteiger partial charge in [0.25, 0.3) is 5.91 Å². The first-order chi connectivity index (χ1) is 38.7. The van der Waals surface area contributed by atoms with Gasteiger partial charge < -0.3 is 58.1 Å². The number of hydrogen-bond acceptors (Lipinski definition) is 11. The molecule has 21 nitrogen and oxygen atoms in total. The number of benzene rings is 1. The molecule has 470 valence electrons. The number of nitrogens with zero attached hydrogens (tertiary/aromatic N) is 1. The van der Waals surface area contributed by atoms with E-state index in [9.17, 15) is 47.9 Å². The van der Waals surface area contributed by atoms with Gasteiger partial charge in [0.05, 0.1) is 5.92 Å². The molecule has 1 aliphatic rings. The molecule has 0 spiro atoms. The minimum Gasteiger partial charge on any atom is -0.354 e. The van der Waals surface area contributed by atoms with Gasteiger partial charge in [-0.05, 0) is 131 Å². The zero-order chi connectivity index (χ0) is 62.8. The Labute approximate surface area is 496 Å². The summed E-state index contributed by atoms with van der Waals surface area (Å²) in [5.41, 5.74) is -4.17. The summed E-state index contributed by atoms with van der Waals surface area (Å²) in [6.07, 6.45) is 9.34. The van der Waals surface area contributed by atoms with E-state index in [1.165, 1.54) is 41.5 Å². The Balaban J connectivity index is 2.25. The van der Waals surface area contributed by atoms with E-state index in [1.54, 1.807) is 24.3 Å². The van der Waals surface area contributed by atoms with E-state index >= 15 is 0 Å². The van der Waals surface area contributed by atoms with Crippen molar-refractivity contribution in [3.8, 4) is 0 Å². The molecular formula is C62H107N11O10. The van der Waals surface area contributed by atoms with Crippen LogP contribution >= 0.6 is 0 Å². The Morgan fingerprint density at radius 2 is 1.02 bits per heavy atom. The molecular weight excluding hydrogens is 1060 g/mol. The van der Waals surface area contributed by atoms with Crippen molar-refractivity contribution < 1.29 is 47.9 Å². The Kier molecular flexibility index (Phi) is 31.0. The number of likely N-dealkylation sites (N-methyl/N-ethyl adjacent to an activating group) is 1.